The summed E-state index contributed by atoms with van der Waals surface area (Å²) >= 11 is 0. The molecule has 7 heteroatoms. The van der Waals surface area contributed by atoms with Crippen molar-refractivity contribution >= 4 is 23.2 Å². The van der Waals surface area contributed by atoms with Crippen molar-refractivity contribution in [2.45, 2.75) is 20.8 Å². The molecule has 2 aromatic carbocycles. The number of amides is 2. The minimum Gasteiger partial charge on any atom is -0.491 e. The van der Waals surface area contributed by atoms with Crippen LogP contribution in [0.4, 0.5) is 11.4 Å². The normalized spacial score (nSPS) is 10.4. The van der Waals surface area contributed by atoms with Gasteiger partial charge in [0, 0.05) is 42.7 Å². The first-order chi connectivity index (χ1) is 14.6. The molecule has 0 aliphatic heterocycles. The van der Waals surface area contributed by atoms with E-state index >= 15 is 0 Å². The fraction of sp³-hybridized carbons (Fsp3) is 0.391. The highest BCUT2D eigenvalue weighted by Gasteiger charge is 2.13. The molecule has 162 valence electrons. The molecular weight excluding hydrogens is 382 g/mol. The Kier molecular flexibility index (Phi) is 9.67. The van der Waals surface area contributed by atoms with Crippen molar-refractivity contribution in [3.8, 4) is 5.75 Å². The predicted octanol–water partition coefficient (Wildman–Crippen LogP) is 3.63. The van der Waals surface area contributed by atoms with E-state index in [4.69, 9.17) is 9.47 Å². The molecule has 2 aromatic rings. The molecule has 0 aromatic heterocycles. The molecule has 0 saturated carbocycles. The lowest BCUT2D eigenvalue weighted by molar-refractivity contribution is -0.114. The third-order valence-corrected chi connectivity index (χ3v) is 4.43. The van der Waals surface area contributed by atoms with Crippen molar-refractivity contribution < 1.29 is 19.1 Å². The summed E-state index contributed by atoms with van der Waals surface area (Å²) in [6, 6.07) is 14.4. The maximum atomic E-state index is 12.5. The number of benzene rings is 2. The maximum Gasteiger partial charge on any atom is 0.253 e. The molecule has 0 aliphatic rings. The fourth-order valence-corrected chi connectivity index (χ4v) is 2.87. The molecule has 0 aliphatic carbocycles. The molecule has 0 saturated heterocycles. The lowest BCUT2D eigenvalue weighted by Crippen LogP contribution is -2.30. The van der Waals surface area contributed by atoms with Gasteiger partial charge in [-0.25, -0.2) is 0 Å². The van der Waals surface area contributed by atoms with E-state index < -0.39 is 0 Å². The van der Waals surface area contributed by atoms with Crippen LogP contribution in [0.15, 0.2) is 48.5 Å². The first kappa shape index (κ1) is 23.2. The predicted molar refractivity (Wildman–Crippen MR) is 119 cm³/mol. The monoisotopic (exact) mass is 413 g/mol. The van der Waals surface area contributed by atoms with Crippen LogP contribution >= 0.6 is 0 Å². The molecule has 0 spiro atoms. The summed E-state index contributed by atoms with van der Waals surface area (Å²) in [6.07, 6.45) is 0. The molecular formula is C23H31N3O4. The average Bonchev–Trinajstić information content (AvgIpc) is 2.76. The van der Waals surface area contributed by atoms with Gasteiger partial charge in [0.1, 0.15) is 12.4 Å². The second-order valence-electron chi connectivity index (χ2n) is 6.53. The number of carbonyl (C=O) groups excluding carboxylic acids is 2. The fourth-order valence-electron chi connectivity index (χ4n) is 2.87. The van der Waals surface area contributed by atoms with Crippen molar-refractivity contribution in [1.82, 2.24) is 4.90 Å². The Morgan fingerprint density at radius 1 is 0.933 bits per heavy atom. The quantitative estimate of drug-likeness (QED) is 0.520. The number of nitrogens with one attached hydrogen (secondary N) is 2. The van der Waals surface area contributed by atoms with Gasteiger partial charge in [-0.15, -0.1) is 0 Å². The molecule has 0 fully saturated rings. The highest BCUT2D eigenvalue weighted by molar-refractivity contribution is 5.98. The van der Waals surface area contributed by atoms with Crippen molar-refractivity contribution in [2.75, 3.05) is 50.1 Å². The van der Waals surface area contributed by atoms with Gasteiger partial charge in [0.2, 0.25) is 5.91 Å². The van der Waals surface area contributed by atoms with Gasteiger partial charge in [-0.1, -0.05) is 12.1 Å². The van der Waals surface area contributed by atoms with E-state index in [9.17, 15) is 9.59 Å². The van der Waals surface area contributed by atoms with Gasteiger partial charge in [0.05, 0.1) is 13.2 Å². The SMILES string of the molecule is CCOCCOc1cccc(NCC(=O)Nc2cccc(C(=O)N(CC)CC)c2)c1. The van der Waals surface area contributed by atoms with E-state index in [1.54, 1.807) is 29.2 Å². The molecule has 0 heterocycles. The van der Waals surface area contributed by atoms with Crippen LogP contribution in [0.3, 0.4) is 0 Å². The zero-order chi connectivity index (χ0) is 21.8. The van der Waals surface area contributed by atoms with Crippen LogP contribution in [0.1, 0.15) is 31.1 Å². The van der Waals surface area contributed by atoms with Crippen LogP contribution in [-0.2, 0) is 9.53 Å². The molecule has 30 heavy (non-hydrogen) atoms. The summed E-state index contributed by atoms with van der Waals surface area (Å²) in [6.45, 7) is 8.87. The highest BCUT2D eigenvalue weighted by Crippen LogP contribution is 2.17. The first-order valence-electron chi connectivity index (χ1n) is 10.3. The number of nitrogens with zero attached hydrogens (tertiary/aromatic N) is 1. The van der Waals surface area contributed by atoms with Crippen LogP contribution in [0.5, 0.6) is 5.75 Å². The third-order valence-electron chi connectivity index (χ3n) is 4.43. The summed E-state index contributed by atoms with van der Waals surface area (Å²) in [4.78, 5) is 26.5. The Bertz CT molecular complexity index is 822. The zero-order valence-corrected chi connectivity index (χ0v) is 17.9. The number of ether oxygens (including phenoxy) is 2. The Morgan fingerprint density at radius 2 is 1.67 bits per heavy atom. The number of rotatable bonds is 12. The van der Waals surface area contributed by atoms with Gasteiger partial charge in [-0.3, -0.25) is 9.59 Å². The van der Waals surface area contributed by atoms with E-state index in [1.165, 1.54) is 0 Å². The Labute approximate surface area is 178 Å². The van der Waals surface area contributed by atoms with Gasteiger partial charge >= 0.3 is 0 Å². The average molecular weight is 414 g/mol. The van der Waals surface area contributed by atoms with Crippen LogP contribution in [0, 0.1) is 0 Å². The van der Waals surface area contributed by atoms with Crippen LogP contribution in [0.2, 0.25) is 0 Å². The van der Waals surface area contributed by atoms with Gasteiger partial charge in [0.15, 0.2) is 0 Å². The van der Waals surface area contributed by atoms with Gasteiger partial charge in [0.25, 0.3) is 5.91 Å². The smallest absolute Gasteiger partial charge is 0.253 e. The molecule has 0 bridgehead atoms. The molecule has 0 atom stereocenters. The van der Waals surface area contributed by atoms with E-state index in [0.29, 0.717) is 49.9 Å². The zero-order valence-electron chi connectivity index (χ0n) is 17.9. The van der Waals surface area contributed by atoms with Gasteiger partial charge in [-0.05, 0) is 51.1 Å². The van der Waals surface area contributed by atoms with Gasteiger partial charge in [-0.2, -0.15) is 0 Å². The first-order valence-corrected chi connectivity index (χ1v) is 10.3. The minimum absolute atomic E-state index is 0.0459. The number of anilines is 2. The summed E-state index contributed by atoms with van der Waals surface area (Å²) < 4.78 is 10.9. The summed E-state index contributed by atoms with van der Waals surface area (Å²) in [5.74, 6) is 0.461. The standard InChI is InChI=1S/C23H31N3O4/c1-4-26(5-2)23(28)18-9-7-11-20(15-18)25-22(27)17-24-19-10-8-12-21(16-19)30-14-13-29-6-3/h7-12,15-16,24H,4-6,13-14,17H2,1-3H3,(H,25,27). The molecule has 2 N–H and O–H groups in total. The van der Waals surface area contributed by atoms with Crippen molar-refractivity contribution in [2.24, 2.45) is 0 Å². The lowest BCUT2D eigenvalue weighted by Gasteiger charge is -2.19. The molecule has 2 amide bonds. The number of hydrogen-bond donors (Lipinski definition) is 2. The van der Waals surface area contributed by atoms with E-state index in [-0.39, 0.29) is 18.4 Å². The Morgan fingerprint density at radius 3 is 2.40 bits per heavy atom. The van der Waals surface area contributed by atoms with Crippen LogP contribution in [0.25, 0.3) is 0 Å². The number of hydrogen-bond acceptors (Lipinski definition) is 5. The Balaban J connectivity index is 1.88. The molecule has 7 nitrogen and oxygen atoms in total. The number of carbonyl (C=O) groups is 2. The molecule has 2 rings (SSSR count). The Hall–Kier alpha value is -3.06. The lowest BCUT2D eigenvalue weighted by atomic mass is 10.1. The summed E-state index contributed by atoms with van der Waals surface area (Å²) in [7, 11) is 0. The second kappa shape index (κ2) is 12.5. The third kappa shape index (κ3) is 7.40. The minimum atomic E-state index is -0.204. The van der Waals surface area contributed by atoms with Gasteiger partial charge < -0.3 is 25.0 Å². The van der Waals surface area contributed by atoms with E-state index in [1.807, 2.05) is 45.0 Å². The van der Waals surface area contributed by atoms with Crippen molar-refractivity contribution in [3.63, 3.8) is 0 Å². The van der Waals surface area contributed by atoms with Crippen LogP contribution in [-0.4, -0.2) is 56.2 Å². The molecule has 0 unspecified atom stereocenters. The topological polar surface area (TPSA) is 79.9 Å². The van der Waals surface area contributed by atoms with Crippen LogP contribution < -0.4 is 15.4 Å². The largest absolute Gasteiger partial charge is 0.491 e. The van der Waals surface area contributed by atoms with Crippen molar-refractivity contribution in [1.29, 1.82) is 0 Å². The maximum absolute atomic E-state index is 12.5. The second-order valence-corrected chi connectivity index (χ2v) is 6.53. The highest BCUT2D eigenvalue weighted by atomic mass is 16.5. The summed E-state index contributed by atoms with van der Waals surface area (Å²) in [5, 5.41) is 5.91. The summed E-state index contributed by atoms with van der Waals surface area (Å²) in [5.41, 5.74) is 1.93. The van der Waals surface area contributed by atoms with E-state index in [0.717, 1.165) is 5.69 Å². The molecule has 0 radical (unpaired) electrons. The van der Waals surface area contributed by atoms with Crippen molar-refractivity contribution in [3.05, 3.63) is 54.1 Å². The van der Waals surface area contributed by atoms with E-state index in [2.05, 4.69) is 10.6 Å².